The fraction of sp³-hybridized carbons (Fsp3) is 0.800. The molecular formula is C25H45NO6. The van der Waals surface area contributed by atoms with Crippen molar-refractivity contribution >= 4 is 17.9 Å². The second-order valence-corrected chi connectivity index (χ2v) is 8.88. The summed E-state index contributed by atoms with van der Waals surface area (Å²) in [6.45, 7) is 4.93. The maximum atomic E-state index is 11.0. The Bertz CT molecular complexity index is 496. The summed E-state index contributed by atoms with van der Waals surface area (Å²) in [6, 6.07) is 0. The van der Waals surface area contributed by atoms with Gasteiger partial charge in [0, 0.05) is 25.2 Å². The smallest absolute Gasteiger partial charge is 0.303 e. The van der Waals surface area contributed by atoms with E-state index in [4.69, 9.17) is 10.2 Å². The summed E-state index contributed by atoms with van der Waals surface area (Å²) in [7, 11) is 0. The molecule has 0 aliphatic heterocycles. The lowest BCUT2D eigenvalue weighted by atomic mass is 10.1. The van der Waals surface area contributed by atoms with Crippen molar-refractivity contribution in [1.29, 1.82) is 0 Å². The van der Waals surface area contributed by atoms with Crippen LogP contribution in [0, 0.1) is 0 Å². The first-order chi connectivity index (χ1) is 15.3. The summed E-state index contributed by atoms with van der Waals surface area (Å²) in [4.78, 5) is 32.8. The topological polar surface area (TPSA) is 115 Å². The van der Waals surface area contributed by atoms with Gasteiger partial charge in [-0.2, -0.15) is 0 Å². The second kappa shape index (κ2) is 19.8. The molecule has 0 aliphatic rings. The highest BCUT2D eigenvalue weighted by molar-refractivity contribution is 5.66. The van der Waals surface area contributed by atoms with E-state index in [1.54, 1.807) is 0 Å². The van der Waals surface area contributed by atoms with Gasteiger partial charge in [-0.05, 0) is 44.9 Å². The van der Waals surface area contributed by atoms with Crippen molar-refractivity contribution in [2.24, 2.45) is 0 Å². The van der Waals surface area contributed by atoms with Gasteiger partial charge >= 0.3 is 11.9 Å². The first-order valence-corrected chi connectivity index (χ1v) is 12.4. The highest BCUT2D eigenvalue weighted by atomic mass is 16.4. The number of aliphatic carboxylic acids is 3. The molecule has 0 bridgehead atoms. The highest BCUT2D eigenvalue weighted by Gasteiger charge is 2.26. The number of quaternary nitrogens is 1. The molecule has 32 heavy (non-hydrogen) atoms. The Balaban J connectivity index is 4.64. The van der Waals surface area contributed by atoms with Crippen LogP contribution in [-0.2, 0) is 14.4 Å². The van der Waals surface area contributed by atoms with Crippen molar-refractivity contribution in [3.8, 4) is 0 Å². The summed E-state index contributed by atoms with van der Waals surface area (Å²) in [5.41, 5.74) is 0. The van der Waals surface area contributed by atoms with E-state index in [0.29, 0.717) is 43.4 Å². The minimum absolute atomic E-state index is 0.0269. The molecule has 0 spiro atoms. The van der Waals surface area contributed by atoms with Gasteiger partial charge in [-0.3, -0.25) is 9.59 Å². The van der Waals surface area contributed by atoms with Gasteiger partial charge in [-0.1, -0.05) is 38.3 Å². The maximum Gasteiger partial charge on any atom is 0.303 e. The summed E-state index contributed by atoms with van der Waals surface area (Å²) >= 11 is 0. The van der Waals surface area contributed by atoms with E-state index < -0.39 is 17.9 Å². The minimum Gasteiger partial charge on any atom is -0.550 e. The third-order valence-corrected chi connectivity index (χ3v) is 5.95. The van der Waals surface area contributed by atoms with Gasteiger partial charge in [0.1, 0.15) is 0 Å². The van der Waals surface area contributed by atoms with Crippen LogP contribution in [0.25, 0.3) is 0 Å². The molecule has 7 nitrogen and oxygen atoms in total. The summed E-state index contributed by atoms with van der Waals surface area (Å²) in [5.74, 6) is -2.77. The molecule has 0 saturated heterocycles. The number of carboxylic acids is 3. The third-order valence-electron chi connectivity index (χ3n) is 5.95. The average Bonchev–Trinajstić information content (AvgIpc) is 2.71. The van der Waals surface area contributed by atoms with Crippen molar-refractivity contribution in [1.82, 2.24) is 0 Å². The zero-order valence-electron chi connectivity index (χ0n) is 20.1. The Kier molecular flexibility index (Phi) is 18.6. The Labute approximate surface area is 194 Å². The molecule has 186 valence electrons. The maximum absolute atomic E-state index is 11.0. The largest absolute Gasteiger partial charge is 0.550 e. The van der Waals surface area contributed by atoms with Crippen molar-refractivity contribution < 1.29 is 34.2 Å². The van der Waals surface area contributed by atoms with E-state index >= 15 is 0 Å². The molecule has 0 amide bonds. The molecule has 0 saturated carbocycles. The Morgan fingerprint density at radius 2 is 1.09 bits per heavy atom. The quantitative estimate of drug-likeness (QED) is 0.136. The van der Waals surface area contributed by atoms with E-state index in [1.807, 2.05) is 0 Å². The third kappa shape index (κ3) is 18.8. The SMILES string of the molecule is CCCCCC/C=C/CCCCC[N+](CCCC(=O)[O-])(CCCC(=O)O)CCCC(=O)O. The molecule has 0 radical (unpaired) electrons. The van der Waals surface area contributed by atoms with E-state index in [-0.39, 0.29) is 19.3 Å². The molecule has 0 aromatic heterocycles. The fourth-order valence-electron chi connectivity index (χ4n) is 4.17. The van der Waals surface area contributed by atoms with Crippen LogP contribution in [-0.4, -0.2) is 58.8 Å². The highest BCUT2D eigenvalue weighted by Crippen LogP contribution is 2.18. The lowest BCUT2D eigenvalue weighted by molar-refractivity contribution is -0.929. The predicted molar refractivity (Wildman–Crippen MR) is 124 cm³/mol. The Morgan fingerprint density at radius 1 is 0.656 bits per heavy atom. The first-order valence-electron chi connectivity index (χ1n) is 12.4. The molecule has 0 rings (SSSR count). The van der Waals surface area contributed by atoms with Crippen molar-refractivity contribution in [3.05, 3.63) is 12.2 Å². The number of carboxylic acid groups (broad SMARTS) is 3. The zero-order valence-corrected chi connectivity index (χ0v) is 20.1. The van der Waals surface area contributed by atoms with Crippen LogP contribution in [0.2, 0.25) is 0 Å². The lowest BCUT2D eigenvalue weighted by Crippen LogP contribution is -2.51. The van der Waals surface area contributed by atoms with Crippen molar-refractivity contribution in [2.75, 3.05) is 26.2 Å². The van der Waals surface area contributed by atoms with E-state index in [9.17, 15) is 19.5 Å². The molecule has 0 aliphatic carbocycles. The number of carbonyl (C=O) groups is 3. The zero-order chi connectivity index (χ0) is 24.1. The van der Waals surface area contributed by atoms with Crippen LogP contribution in [0.5, 0.6) is 0 Å². The Morgan fingerprint density at radius 3 is 1.53 bits per heavy atom. The fourth-order valence-corrected chi connectivity index (χ4v) is 4.17. The van der Waals surface area contributed by atoms with Gasteiger partial charge in [-0.25, -0.2) is 0 Å². The summed E-state index contributed by atoms with van der Waals surface area (Å²) < 4.78 is 0.598. The van der Waals surface area contributed by atoms with Crippen LogP contribution in [0.15, 0.2) is 12.2 Å². The van der Waals surface area contributed by atoms with Crippen LogP contribution in [0.3, 0.4) is 0 Å². The van der Waals surface area contributed by atoms with Crippen LogP contribution in [0.4, 0.5) is 0 Å². The van der Waals surface area contributed by atoms with Crippen LogP contribution >= 0.6 is 0 Å². The molecular weight excluding hydrogens is 410 g/mol. The standard InChI is InChI=1S/C25H45NO6/c1-2-3-4-5-6-7-8-9-10-11-12-19-26(20-13-16-23(27)28,21-14-17-24(29)30)22-15-18-25(31)32/h7-8H,2-6,9-22H2,1H3,(H2-,27,28,29,30,31,32)/b8-7+. The molecule has 0 aromatic carbocycles. The minimum atomic E-state index is -1.08. The summed E-state index contributed by atoms with van der Waals surface area (Å²) in [5, 5.41) is 28.9. The number of hydrogen-bond donors (Lipinski definition) is 2. The van der Waals surface area contributed by atoms with Crippen LogP contribution < -0.4 is 5.11 Å². The number of nitrogens with zero attached hydrogens (tertiary/aromatic N) is 1. The van der Waals surface area contributed by atoms with Gasteiger partial charge in [0.2, 0.25) is 0 Å². The molecule has 2 N–H and O–H groups in total. The van der Waals surface area contributed by atoms with E-state index in [2.05, 4.69) is 19.1 Å². The van der Waals surface area contributed by atoms with Gasteiger partial charge in [-0.15, -0.1) is 0 Å². The van der Waals surface area contributed by atoms with Gasteiger partial charge < -0.3 is 24.6 Å². The van der Waals surface area contributed by atoms with Crippen molar-refractivity contribution in [3.63, 3.8) is 0 Å². The van der Waals surface area contributed by atoms with Gasteiger partial charge in [0.25, 0.3) is 0 Å². The average molecular weight is 456 g/mol. The predicted octanol–water partition coefficient (Wildman–Crippen LogP) is 4.15. The molecule has 0 heterocycles. The number of rotatable bonds is 23. The molecule has 7 heteroatoms. The second-order valence-electron chi connectivity index (χ2n) is 8.88. The molecule has 0 aromatic rings. The number of hydrogen-bond acceptors (Lipinski definition) is 4. The first kappa shape index (κ1) is 30.1. The van der Waals surface area contributed by atoms with Gasteiger partial charge in [0.15, 0.2) is 0 Å². The number of carbonyl (C=O) groups excluding carboxylic acids is 1. The lowest BCUT2D eigenvalue weighted by Gasteiger charge is -2.39. The van der Waals surface area contributed by atoms with E-state index in [1.165, 1.54) is 25.7 Å². The van der Waals surface area contributed by atoms with Crippen LogP contribution in [0.1, 0.15) is 103 Å². The summed E-state index contributed by atoms with van der Waals surface area (Å²) in [6.07, 6.45) is 16.5. The molecule has 0 unspecified atom stereocenters. The number of allylic oxidation sites excluding steroid dienone is 2. The van der Waals surface area contributed by atoms with Crippen molar-refractivity contribution in [2.45, 2.75) is 103 Å². The molecule has 0 fully saturated rings. The van der Waals surface area contributed by atoms with E-state index in [0.717, 1.165) is 38.6 Å². The Hall–Kier alpha value is -1.89. The number of unbranched alkanes of at least 4 members (excludes halogenated alkanes) is 7. The monoisotopic (exact) mass is 455 g/mol. The molecule has 0 atom stereocenters. The van der Waals surface area contributed by atoms with Gasteiger partial charge in [0.05, 0.1) is 39.0 Å². The normalized spacial score (nSPS) is 11.8.